The molecule has 2 N–H and O–H groups in total. The van der Waals surface area contributed by atoms with E-state index in [4.69, 9.17) is 4.99 Å². The van der Waals surface area contributed by atoms with Crippen LogP contribution in [0.25, 0.3) is 0 Å². The van der Waals surface area contributed by atoms with Crippen molar-refractivity contribution in [2.45, 2.75) is 65.2 Å². The summed E-state index contributed by atoms with van der Waals surface area (Å²) in [4.78, 5) is 4.70. The molecular formula is C19H33N3. The van der Waals surface area contributed by atoms with Gasteiger partial charge < -0.3 is 10.6 Å². The van der Waals surface area contributed by atoms with Crippen molar-refractivity contribution in [3.05, 3.63) is 30.3 Å². The minimum Gasteiger partial charge on any atom is -0.356 e. The fraction of sp³-hybridized carbons (Fsp3) is 0.632. The summed E-state index contributed by atoms with van der Waals surface area (Å²) in [6.07, 6.45) is 10.1. The highest BCUT2D eigenvalue weighted by Gasteiger charge is 1.99. The maximum atomic E-state index is 4.70. The summed E-state index contributed by atoms with van der Waals surface area (Å²) >= 11 is 0. The lowest BCUT2D eigenvalue weighted by Crippen LogP contribution is -2.31. The molecular weight excluding hydrogens is 270 g/mol. The zero-order valence-corrected chi connectivity index (χ0v) is 14.4. The minimum absolute atomic E-state index is 0.900. The van der Waals surface area contributed by atoms with E-state index in [9.17, 15) is 0 Å². The molecule has 0 bridgehead atoms. The number of anilines is 1. The number of rotatable bonds is 11. The fourth-order valence-corrected chi connectivity index (χ4v) is 2.29. The Morgan fingerprint density at radius 3 is 2.23 bits per heavy atom. The molecule has 0 spiro atoms. The second-order valence-electron chi connectivity index (χ2n) is 5.77. The molecule has 0 saturated heterocycles. The normalized spacial score (nSPS) is 11.5. The van der Waals surface area contributed by atoms with Gasteiger partial charge in [0.05, 0.1) is 0 Å². The Morgan fingerprint density at radius 2 is 1.55 bits per heavy atom. The van der Waals surface area contributed by atoms with Gasteiger partial charge in [0.2, 0.25) is 0 Å². The van der Waals surface area contributed by atoms with Crippen LogP contribution in [0.1, 0.15) is 65.2 Å². The summed E-state index contributed by atoms with van der Waals surface area (Å²) in [5.41, 5.74) is 1.09. The van der Waals surface area contributed by atoms with Crippen molar-refractivity contribution in [3.8, 4) is 0 Å². The van der Waals surface area contributed by atoms with Crippen molar-refractivity contribution in [2.24, 2.45) is 4.99 Å². The van der Waals surface area contributed by atoms with Crippen LogP contribution in [0, 0.1) is 0 Å². The number of para-hydroxylation sites is 1. The van der Waals surface area contributed by atoms with Crippen molar-refractivity contribution < 1.29 is 0 Å². The van der Waals surface area contributed by atoms with Crippen LogP contribution in [0.3, 0.4) is 0 Å². The molecule has 0 heterocycles. The summed E-state index contributed by atoms with van der Waals surface area (Å²) in [5.74, 6) is 0.916. The van der Waals surface area contributed by atoms with Crippen molar-refractivity contribution in [1.82, 2.24) is 5.32 Å². The van der Waals surface area contributed by atoms with E-state index in [0.717, 1.165) is 24.7 Å². The van der Waals surface area contributed by atoms with Gasteiger partial charge in [0, 0.05) is 18.8 Å². The third-order valence-electron chi connectivity index (χ3n) is 3.64. The van der Waals surface area contributed by atoms with Crippen LogP contribution in [0.2, 0.25) is 0 Å². The largest absolute Gasteiger partial charge is 0.356 e. The SMILES string of the molecule is CCCCCCN=C(NCCCCCC)Nc1ccccc1. The van der Waals surface area contributed by atoms with E-state index in [1.165, 1.54) is 51.4 Å². The first-order valence-electron chi connectivity index (χ1n) is 8.97. The molecule has 3 nitrogen and oxygen atoms in total. The molecule has 0 aliphatic rings. The lowest BCUT2D eigenvalue weighted by atomic mass is 10.2. The van der Waals surface area contributed by atoms with Gasteiger partial charge >= 0.3 is 0 Å². The highest BCUT2D eigenvalue weighted by molar-refractivity contribution is 5.93. The second kappa shape index (κ2) is 13.2. The number of hydrogen-bond acceptors (Lipinski definition) is 1. The Morgan fingerprint density at radius 1 is 0.864 bits per heavy atom. The molecule has 0 aliphatic carbocycles. The van der Waals surface area contributed by atoms with E-state index in [-0.39, 0.29) is 0 Å². The maximum absolute atomic E-state index is 4.70. The number of guanidine groups is 1. The average Bonchev–Trinajstić information content (AvgIpc) is 2.55. The number of unbranched alkanes of at least 4 members (excludes halogenated alkanes) is 6. The third-order valence-corrected chi connectivity index (χ3v) is 3.64. The van der Waals surface area contributed by atoms with Crippen LogP contribution in [-0.2, 0) is 0 Å². The third kappa shape index (κ3) is 9.43. The standard InChI is InChI=1S/C19H33N3/c1-3-5-7-12-16-20-19(21-17-13-8-6-4-2)22-18-14-10-9-11-15-18/h9-11,14-15H,3-8,12-13,16-17H2,1-2H3,(H2,20,21,22). The number of aliphatic imine (C=N–C) groups is 1. The minimum atomic E-state index is 0.900. The Labute approximate surface area is 136 Å². The Kier molecular flexibility index (Phi) is 11.1. The molecule has 0 aromatic heterocycles. The fourth-order valence-electron chi connectivity index (χ4n) is 2.29. The van der Waals surface area contributed by atoms with Gasteiger partial charge in [-0.3, -0.25) is 4.99 Å². The van der Waals surface area contributed by atoms with Crippen LogP contribution in [-0.4, -0.2) is 19.0 Å². The van der Waals surface area contributed by atoms with Crippen molar-refractivity contribution >= 4 is 11.6 Å². The predicted molar refractivity (Wildman–Crippen MR) is 98.7 cm³/mol. The van der Waals surface area contributed by atoms with Gasteiger partial charge in [0.15, 0.2) is 5.96 Å². The van der Waals surface area contributed by atoms with Gasteiger partial charge in [-0.25, -0.2) is 0 Å². The van der Waals surface area contributed by atoms with E-state index >= 15 is 0 Å². The summed E-state index contributed by atoms with van der Waals surface area (Å²) in [7, 11) is 0. The van der Waals surface area contributed by atoms with Crippen LogP contribution in [0.5, 0.6) is 0 Å². The predicted octanol–water partition coefficient (Wildman–Crippen LogP) is 5.20. The van der Waals surface area contributed by atoms with E-state index in [1.807, 2.05) is 18.2 Å². The first kappa shape index (κ1) is 18.5. The molecule has 0 saturated carbocycles. The van der Waals surface area contributed by atoms with E-state index in [1.54, 1.807) is 0 Å². The topological polar surface area (TPSA) is 36.4 Å². The van der Waals surface area contributed by atoms with E-state index < -0.39 is 0 Å². The van der Waals surface area contributed by atoms with Crippen molar-refractivity contribution in [1.29, 1.82) is 0 Å². The van der Waals surface area contributed by atoms with Crippen LogP contribution >= 0.6 is 0 Å². The van der Waals surface area contributed by atoms with Gasteiger partial charge in [0.1, 0.15) is 0 Å². The van der Waals surface area contributed by atoms with Gasteiger partial charge in [-0.05, 0) is 25.0 Å². The summed E-state index contributed by atoms with van der Waals surface area (Å²) < 4.78 is 0. The van der Waals surface area contributed by atoms with E-state index in [0.29, 0.717) is 0 Å². The molecule has 1 aromatic rings. The Hall–Kier alpha value is -1.51. The van der Waals surface area contributed by atoms with Gasteiger partial charge in [0.25, 0.3) is 0 Å². The average molecular weight is 303 g/mol. The van der Waals surface area contributed by atoms with Crippen LogP contribution < -0.4 is 10.6 Å². The van der Waals surface area contributed by atoms with Crippen molar-refractivity contribution in [2.75, 3.05) is 18.4 Å². The highest BCUT2D eigenvalue weighted by atomic mass is 15.2. The molecule has 1 rings (SSSR count). The lowest BCUT2D eigenvalue weighted by Gasteiger charge is -2.12. The molecule has 0 amide bonds. The quantitative estimate of drug-likeness (QED) is 0.335. The molecule has 0 unspecified atom stereocenters. The molecule has 3 heteroatoms. The van der Waals surface area contributed by atoms with Gasteiger partial charge in [-0.1, -0.05) is 70.6 Å². The Balaban J connectivity index is 2.39. The number of nitrogens with zero attached hydrogens (tertiary/aromatic N) is 1. The first-order valence-corrected chi connectivity index (χ1v) is 8.97. The Bertz CT molecular complexity index is 387. The molecule has 0 fully saturated rings. The molecule has 22 heavy (non-hydrogen) atoms. The molecule has 0 radical (unpaired) electrons. The van der Waals surface area contributed by atoms with Crippen LogP contribution in [0.4, 0.5) is 5.69 Å². The molecule has 124 valence electrons. The zero-order chi connectivity index (χ0) is 15.9. The number of benzene rings is 1. The van der Waals surface area contributed by atoms with Crippen LogP contribution in [0.15, 0.2) is 35.3 Å². The first-order chi connectivity index (χ1) is 10.9. The summed E-state index contributed by atoms with van der Waals surface area (Å²) in [5, 5.41) is 6.86. The monoisotopic (exact) mass is 303 g/mol. The summed E-state index contributed by atoms with van der Waals surface area (Å²) in [6, 6.07) is 10.3. The molecule has 0 atom stereocenters. The number of nitrogens with one attached hydrogen (secondary N) is 2. The highest BCUT2D eigenvalue weighted by Crippen LogP contribution is 2.05. The van der Waals surface area contributed by atoms with E-state index in [2.05, 4.69) is 36.6 Å². The summed E-state index contributed by atoms with van der Waals surface area (Å²) in [6.45, 7) is 6.38. The van der Waals surface area contributed by atoms with Crippen molar-refractivity contribution in [3.63, 3.8) is 0 Å². The maximum Gasteiger partial charge on any atom is 0.195 e. The second-order valence-corrected chi connectivity index (χ2v) is 5.77. The number of hydrogen-bond donors (Lipinski definition) is 2. The molecule has 0 aliphatic heterocycles. The van der Waals surface area contributed by atoms with Gasteiger partial charge in [-0.2, -0.15) is 0 Å². The lowest BCUT2D eigenvalue weighted by molar-refractivity contribution is 0.650. The molecule has 1 aromatic carbocycles. The van der Waals surface area contributed by atoms with Gasteiger partial charge in [-0.15, -0.1) is 0 Å². The smallest absolute Gasteiger partial charge is 0.195 e. The zero-order valence-electron chi connectivity index (χ0n) is 14.4.